The van der Waals surface area contributed by atoms with Crippen LogP contribution in [0.4, 0.5) is 11.4 Å². The van der Waals surface area contributed by atoms with E-state index in [0.717, 1.165) is 27.2 Å². The first-order chi connectivity index (χ1) is 8.08. The van der Waals surface area contributed by atoms with Gasteiger partial charge in [-0.3, -0.25) is 0 Å². The van der Waals surface area contributed by atoms with Gasteiger partial charge in [-0.15, -0.1) is 11.3 Å². The summed E-state index contributed by atoms with van der Waals surface area (Å²) in [5.74, 6) is 0. The van der Waals surface area contributed by atoms with Gasteiger partial charge in [0.05, 0.1) is 29.1 Å². The van der Waals surface area contributed by atoms with Crippen molar-refractivity contribution >= 4 is 45.3 Å². The lowest BCUT2D eigenvalue weighted by atomic mass is 10.2. The van der Waals surface area contributed by atoms with Crippen LogP contribution in [0.3, 0.4) is 0 Å². The highest BCUT2D eigenvalue weighted by Gasteiger charge is 2.09. The van der Waals surface area contributed by atoms with Gasteiger partial charge in [0.2, 0.25) is 0 Å². The molecular weight excluding hydrogens is 345 g/mol. The van der Waals surface area contributed by atoms with Gasteiger partial charge in [-0.05, 0) is 47.7 Å². The second-order valence-electron chi connectivity index (χ2n) is 3.92. The maximum Gasteiger partial charge on any atom is 0.0798 e. The summed E-state index contributed by atoms with van der Waals surface area (Å²) in [5, 5.41) is 0. The molecule has 2 rings (SSSR count). The second kappa shape index (κ2) is 5.22. The van der Waals surface area contributed by atoms with Gasteiger partial charge in [0, 0.05) is 15.5 Å². The fourth-order valence-electron chi connectivity index (χ4n) is 1.65. The molecule has 0 fully saturated rings. The highest BCUT2D eigenvalue weighted by atomic mass is 127. The highest BCUT2D eigenvalue weighted by molar-refractivity contribution is 14.1. The van der Waals surface area contributed by atoms with Crippen molar-refractivity contribution in [3.8, 4) is 0 Å². The van der Waals surface area contributed by atoms with Gasteiger partial charge < -0.3 is 10.6 Å². The molecule has 0 spiro atoms. The molecule has 0 amide bonds. The smallest absolute Gasteiger partial charge is 0.0798 e. The summed E-state index contributed by atoms with van der Waals surface area (Å²) in [6.07, 6.45) is 0. The number of aromatic nitrogens is 1. The largest absolute Gasteiger partial charge is 0.397 e. The Morgan fingerprint density at radius 1 is 1.47 bits per heavy atom. The quantitative estimate of drug-likeness (QED) is 0.676. The van der Waals surface area contributed by atoms with Gasteiger partial charge >= 0.3 is 0 Å². The van der Waals surface area contributed by atoms with E-state index in [4.69, 9.17) is 5.73 Å². The fraction of sp³-hybridized carbons (Fsp3) is 0.250. The Labute approximate surface area is 119 Å². The van der Waals surface area contributed by atoms with Gasteiger partial charge in [0.25, 0.3) is 0 Å². The number of anilines is 2. The number of nitrogens with zero attached hydrogens (tertiary/aromatic N) is 2. The molecule has 0 atom stereocenters. The van der Waals surface area contributed by atoms with E-state index in [1.807, 2.05) is 18.5 Å². The third-order valence-corrected chi connectivity index (χ3v) is 4.22. The monoisotopic (exact) mass is 359 g/mol. The Morgan fingerprint density at radius 3 is 2.82 bits per heavy atom. The number of aryl methyl sites for hydroxylation is 1. The van der Waals surface area contributed by atoms with Gasteiger partial charge in [-0.1, -0.05) is 0 Å². The number of nitrogens with two attached hydrogens (primary N) is 1. The van der Waals surface area contributed by atoms with Crippen LogP contribution in [0.15, 0.2) is 23.7 Å². The minimum atomic E-state index is 0.821. The molecule has 2 N–H and O–H groups in total. The van der Waals surface area contributed by atoms with Gasteiger partial charge in [0.15, 0.2) is 0 Å². The van der Waals surface area contributed by atoms with E-state index in [-0.39, 0.29) is 0 Å². The molecule has 1 heterocycles. The van der Waals surface area contributed by atoms with Gasteiger partial charge in [-0.25, -0.2) is 4.98 Å². The summed E-state index contributed by atoms with van der Waals surface area (Å²) in [5.41, 5.74) is 10.9. The molecule has 0 unspecified atom stereocenters. The zero-order chi connectivity index (χ0) is 12.4. The first-order valence-corrected chi connectivity index (χ1v) is 7.19. The predicted molar refractivity (Wildman–Crippen MR) is 82.5 cm³/mol. The maximum atomic E-state index is 6.03. The number of halogens is 1. The van der Waals surface area contributed by atoms with E-state index < -0.39 is 0 Å². The van der Waals surface area contributed by atoms with Crippen molar-refractivity contribution in [3.63, 3.8) is 0 Å². The normalized spacial score (nSPS) is 10.5. The van der Waals surface area contributed by atoms with E-state index in [2.05, 4.69) is 51.7 Å². The van der Waals surface area contributed by atoms with Crippen LogP contribution >= 0.6 is 33.9 Å². The van der Waals surface area contributed by atoms with Crippen LogP contribution in [0.25, 0.3) is 0 Å². The van der Waals surface area contributed by atoms with Crippen LogP contribution in [0, 0.1) is 10.5 Å². The number of hydrogen-bond acceptors (Lipinski definition) is 4. The Hall–Kier alpha value is -0.820. The minimum absolute atomic E-state index is 0.821. The molecule has 3 nitrogen and oxygen atoms in total. The van der Waals surface area contributed by atoms with E-state index in [1.165, 1.54) is 4.88 Å². The molecule has 0 bridgehead atoms. The average molecular weight is 359 g/mol. The van der Waals surface area contributed by atoms with Crippen molar-refractivity contribution < 1.29 is 0 Å². The molecule has 1 aromatic carbocycles. The van der Waals surface area contributed by atoms with Gasteiger partial charge in [-0.2, -0.15) is 0 Å². The molecule has 0 saturated carbocycles. The van der Waals surface area contributed by atoms with Crippen molar-refractivity contribution in [1.29, 1.82) is 0 Å². The topological polar surface area (TPSA) is 42.2 Å². The van der Waals surface area contributed by atoms with Crippen LogP contribution in [-0.4, -0.2) is 12.0 Å². The third-order valence-electron chi connectivity index (χ3n) is 2.63. The van der Waals surface area contributed by atoms with Crippen molar-refractivity contribution in [3.05, 3.63) is 37.9 Å². The Morgan fingerprint density at radius 2 is 2.24 bits per heavy atom. The minimum Gasteiger partial charge on any atom is -0.397 e. The summed E-state index contributed by atoms with van der Waals surface area (Å²) >= 11 is 3.95. The van der Waals surface area contributed by atoms with E-state index >= 15 is 0 Å². The Bertz CT molecular complexity index is 524. The summed E-state index contributed by atoms with van der Waals surface area (Å²) in [6.45, 7) is 2.89. The molecule has 2 aromatic rings. The molecule has 0 saturated heterocycles. The zero-order valence-electron chi connectivity index (χ0n) is 9.77. The number of nitrogen functional groups attached to an aromatic ring is 1. The number of hydrogen-bond donors (Lipinski definition) is 1. The van der Waals surface area contributed by atoms with Crippen LogP contribution in [0.5, 0.6) is 0 Å². The van der Waals surface area contributed by atoms with Crippen molar-refractivity contribution in [2.75, 3.05) is 17.7 Å². The lowest BCUT2D eigenvalue weighted by molar-refractivity contribution is 0.927. The standard InChI is InChI=1S/C12H14IN3S/c1-8-12(17-7-15-8)6-16(2)11-4-3-9(13)5-10(11)14/h3-5,7H,6,14H2,1-2H3. The Balaban J connectivity index is 2.20. The average Bonchev–Trinajstić information content (AvgIpc) is 2.64. The molecule has 0 aliphatic rings. The molecular formula is C12H14IN3S. The molecule has 90 valence electrons. The summed E-state index contributed by atoms with van der Waals surface area (Å²) < 4.78 is 1.16. The summed E-state index contributed by atoms with van der Waals surface area (Å²) in [6, 6.07) is 6.13. The van der Waals surface area contributed by atoms with E-state index in [0.29, 0.717) is 0 Å². The van der Waals surface area contributed by atoms with E-state index in [1.54, 1.807) is 11.3 Å². The van der Waals surface area contributed by atoms with Crippen LogP contribution in [0.1, 0.15) is 10.6 Å². The molecule has 0 aliphatic heterocycles. The SMILES string of the molecule is Cc1ncsc1CN(C)c1ccc(I)cc1N. The third kappa shape index (κ3) is 2.90. The lowest BCUT2D eigenvalue weighted by Gasteiger charge is -2.20. The predicted octanol–water partition coefficient (Wildman–Crippen LogP) is 3.27. The fourth-order valence-corrected chi connectivity index (χ4v) is 3.00. The first kappa shape index (κ1) is 12.6. The molecule has 1 aromatic heterocycles. The maximum absolute atomic E-state index is 6.03. The highest BCUT2D eigenvalue weighted by Crippen LogP contribution is 2.26. The summed E-state index contributed by atoms with van der Waals surface area (Å²) in [7, 11) is 2.05. The second-order valence-corrected chi connectivity index (χ2v) is 6.11. The molecule has 17 heavy (non-hydrogen) atoms. The van der Waals surface area contributed by atoms with Crippen molar-refractivity contribution in [2.24, 2.45) is 0 Å². The number of rotatable bonds is 3. The van der Waals surface area contributed by atoms with Crippen molar-refractivity contribution in [1.82, 2.24) is 4.98 Å². The van der Waals surface area contributed by atoms with Crippen LogP contribution < -0.4 is 10.6 Å². The molecule has 0 radical (unpaired) electrons. The summed E-state index contributed by atoms with van der Waals surface area (Å²) in [4.78, 5) is 7.70. The molecule has 5 heteroatoms. The number of benzene rings is 1. The zero-order valence-corrected chi connectivity index (χ0v) is 12.7. The van der Waals surface area contributed by atoms with Crippen LogP contribution in [-0.2, 0) is 6.54 Å². The molecule has 0 aliphatic carbocycles. The van der Waals surface area contributed by atoms with E-state index in [9.17, 15) is 0 Å². The Kier molecular flexibility index (Phi) is 3.88. The lowest BCUT2D eigenvalue weighted by Crippen LogP contribution is -2.17. The van der Waals surface area contributed by atoms with Crippen LogP contribution in [0.2, 0.25) is 0 Å². The number of thiazole rings is 1. The van der Waals surface area contributed by atoms with Gasteiger partial charge in [0.1, 0.15) is 0 Å². The van der Waals surface area contributed by atoms with Crippen molar-refractivity contribution in [2.45, 2.75) is 13.5 Å². The first-order valence-electron chi connectivity index (χ1n) is 5.23.